The van der Waals surface area contributed by atoms with Crippen LogP contribution in [0.15, 0.2) is 29.3 Å². The first-order valence-electron chi connectivity index (χ1n) is 9.69. The lowest BCUT2D eigenvalue weighted by Gasteiger charge is -2.32. The zero-order valence-corrected chi connectivity index (χ0v) is 16.6. The maximum absolute atomic E-state index is 5.19. The Morgan fingerprint density at radius 2 is 1.73 bits per heavy atom. The number of rotatable bonds is 9. The number of ether oxygens (including phenoxy) is 1. The molecule has 1 aliphatic heterocycles. The highest BCUT2D eigenvalue weighted by Gasteiger charge is 2.12. The van der Waals surface area contributed by atoms with Gasteiger partial charge in [0.25, 0.3) is 0 Å². The Hall–Kier alpha value is -1.79. The van der Waals surface area contributed by atoms with Crippen molar-refractivity contribution in [3.63, 3.8) is 0 Å². The molecule has 1 saturated heterocycles. The second kappa shape index (κ2) is 11.8. The van der Waals surface area contributed by atoms with E-state index in [2.05, 4.69) is 44.6 Å². The van der Waals surface area contributed by atoms with Crippen LogP contribution in [0.5, 0.6) is 5.75 Å². The maximum Gasteiger partial charge on any atom is 0.190 e. The van der Waals surface area contributed by atoms with E-state index in [0.29, 0.717) is 0 Å². The standard InChI is InChI=1S/C20H35N5O/c1-21-20(23-12-10-18-6-8-19(26-3)9-7-18)22-11-4-5-13-25-16-14-24(2)15-17-25/h6-9H,4-5,10-17H2,1-3H3,(H2,21,22,23). The second-order valence-electron chi connectivity index (χ2n) is 6.88. The van der Waals surface area contributed by atoms with Crippen LogP contribution in [0, 0.1) is 0 Å². The van der Waals surface area contributed by atoms with Crippen LogP contribution in [0.2, 0.25) is 0 Å². The van der Waals surface area contributed by atoms with E-state index >= 15 is 0 Å². The number of nitrogens with zero attached hydrogens (tertiary/aromatic N) is 3. The van der Waals surface area contributed by atoms with Crippen molar-refractivity contribution in [2.24, 2.45) is 4.99 Å². The predicted molar refractivity (Wildman–Crippen MR) is 109 cm³/mol. The van der Waals surface area contributed by atoms with Crippen molar-refractivity contribution in [2.75, 3.05) is 67.0 Å². The van der Waals surface area contributed by atoms with E-state index in [-0.39, 0.29) is 0 Å². The molecule has 0 atom stereocenters. The van der Waals surface area contributed by atoms with Gasteiger partial charge in [0.05, 0.1) is 7.11 Å². The molecule has 2 rings (SSSR count). The number of methoxy groups -OCH3 is 1. The minimum Gasteiger partial charge on any atom is -0.497 e. The molecule has 1 aromatic carbocycles. The van der Waals surface area contributed by atoms with Gasteiger partial charge in [-0.3, -0.25) is 4.99 Å². The summed E-state index contributed by atoms with van der Waals surface area (Å²) in [5, 5.41) is 6.79. The monoisotopic (exact) mass is 361 g/mol. The first kappa shape index (κ1) is 20.5. The fourth-order valence-corrected chi connectivity index (χ4v) is 3.08. The van der Waals surface area contributed by atoms with Gasteiger partial charge < -0.3 is 25.2 Å². The summed E-state index contributed by atoms with van der Waals surface area (Å²) in [6.45, 7) is 7.85. The Bertz CT molecular complexity index is 524. The van der Waals surface area contributed by atoms with Gasteiger partial charge in [-0.05, 0) is 50.6 Å². The average molecular weight is 362 g/mol. The van der Waals surface area contributed by atoms with Gasteiger partial charge in [0, 0.05) is 46.3 Å². The number of aliphatic imine (C=N–C) groups is 1. The van der Waals surface area contributed by atoms with Crippen LogP contribution in [0.4, 0.5) is 0 Å². The summed E-state index contributed by atoms with van der Waals surface area (Å²) in [6.07, 6.45) is 3.37. The van der Waals surface area contributed by atoms with Crippen LogP contribution in [0.25, 0.3) is 0 Å². The summed E-state index contributed by atoms with van der Waals surface area (Å²) in [5.41, 5.74) is 1.29. The fraction of sp³-hybridized carbons (Fsp3) is 0.650. The number of likely N-dealkylation sites (N-methyl/N-ethyl adjacent to an activating group) is 1. The molecule has 0 radical (unpaired) electrons. The first-order chi connectivity index (χ1) is 12.7. The molecule has 0 amide bonds. The van der Waals surface area contributed by atoms with Gasteiger partial charge >= 0.3 is 0 Å². The summed E-state index contributed by atoms with van der Waals surface area (Å²) in [6, 6.07) is 8.22. The third-order valence-corrected chi connectivity index (χ3v) is 4.88. The number of unbranched alkanes of at least 4 members (excludes halogenated alkanes) is 1. The average Bonchev–Trinajstić information content (AvgIpc) is 2.68. The van der Waals surface area contributed by atoms with E-state index in [9.17, 15) is 0 Å². The van der Waals surface area contributed by atoms with Gasteiger partial charge in [0.15, 0.2) is 5.96 Å². The molecule has 1 fully saturated rings. The molecule has 26 heavy (non-hydrogen) atoms. The summed E-state index contributed by atoms with van der Waals surface area (Å²) in [5.74, 6) is 1.79. The van der Waals surface area contributed by atoms with Crippen LogP contribution in [-0.2, 0) is 6.42 Å². The normalized spacial score (nSPS) is 16.5. The molecular formula is C20H35N5O. The van der Waals surface area contributed by atoms with Crippen LogP contribution >= 0.6 is 0 Å². The van der Waals surface area contributed by atoms with Gasteiger partial charge in [0.2, 0.25) is 0 Å². The Kier molecular flexibility index (Phi) is 9.28. The summed E-state index contributed by atoms with van der Waals surface area (Å²) in [4.78, 5) is 9.27. The molecule has 1 aromatic rings. The van der Waals surface area contributed by atoms with Crippen LogP contribution < -0.4 is 15.4 Å². The van der Waals surface area contributed by atoms with Crippen LogP contribution in [-0.4, -0.2) is 82.8 Å². The lowest BCUT2D eigenvalue weighted by atomic mass is 10.1. The second-order valence-corrected chi connectivity index (χ2v) is 6.88. The molecule has 6 heteroatoms. The molecule has 6 nitrogen and oxygen atoms in total. The van der Waals surface area contributed by atoms with E-state index in [4.69, 9.17) is 4.74 Å². The number of hydrogen-bond acceptors (Lipinski definition) is 4. The molecule has 1 aliphatic rings. The molecule has 146 valence electrons. The van der Waals surface area contributed by atoms with Gasteiger partial charge in [-0.25, -0.2) is 0 Å². The number of hydrogen-bond donors (Lipinski definition) is 2. The molecule has 2 N–H and O–H groups in total. The van der Waals surface area contributed by atoms with Crippen LogP contribution in [0.3, 0.4) is 0 Å². The Balaban J connectivity index is 1.53. The highest BCUT2D eigenvalue weighted by atomic mass is 16.5. The zero-order valence-electron chi connectivity index (χ0n) is 16.6. The smallest absolute Gasteiger partial charge is 0.190 e. The first-order valence-corrected chi connectivity index (χ1v) is 9.69. The van der Waals surface area contributed by atoms with Crippen molar-refractivity contribution in [2.45, 2.75) is 19.3 Å². The van der Waals surface area contributed by atoms with Crippen molar-refractivity contribution in [3.05, 3.63) is 29.8 Å². The summed E-state index contributed by atoms with van der Waals surface area (Å²) in [7, 11) is 5.72. The van der Waals surface area contributed by atoms with Crippen molar-refractivity contribution in [1.29, 1.82) is 0 Å². The fourth-order valence-electron chi connectivity index (χ4n) is 3.08. The molecule has 0 saturated carbocycles. The third kappa shape index (κ3) is 7.62. The molecular weight excluding hydrogens is 326 g/mol. The third-order valence-electron chi connectivity index (χ3n) is 4.88. The van der Waals surface area contributed by atoms with E-state index in [1.807, 2.05) is 19.2 Å². The number of guanidine groups is 1. The van der Waals surface area contributed by atoms with Gasteiger partial charge in [-0.15, -0.1) is 0 Å². The lowest BCUT2D eigenvalue weighted by molar-refractivity contribution is 0.152. The maximum atomic E-state index is 5.19. The van der Waals surface area contributed by atoms with E-state index in [1.165, 1.54) is 51.1 Å². The van der Waals surface area contributed by atoms with Gasteiger partial charge in [0.1, 0.15) is 5.75 Å². The van der Waals surface area contributed by atoms with Gasteiger partial charge in [-0.1, -0.05) is 12.1 Å². The minimum atomic E-state index is 0.868. The molecule has 0 unspecified atom stereocenters. The van der Waals surface area contributed by atoms with E-state index in [1.54, 1.807) is 7.11 Å². The minimum absolute atomic E-state index is 0.868. The molecule has 0 aromatic heterocycles. The van der Waals surface area contributed by atoms with E-state index in [0.717, 1.165) is 31.2 Å². The number of benzene rings is 1. The quantitative estimate of drug-likeness (QED) is 0.396. The van der Waals surface area contributed by atoms with Crippen LogP contribution in [0.1, 0.15) is 18.4 Å². The number of piperazine rings is 1. The van der Waals surface area contributed by atoms with Crippen molar-refractivity contribution in [3.8, 4) is 5.75 Å². The van der Waals surface area contributed by atoms with Crippen molar-refractivity contribution < 1.29 is 4.74 Å². The lowest BCUT2D eigenvalue weighted by Crippen LogP contribution is -2.44. The largest absolute Gasteiger partial charge is 0.497 e. The Labute approximate surface area is 158 Å². The predicted octanol–water partition coefficient (Wildman–Crippen LogP) is 1.43. The number of nitrogens with one attached hydrogen (secondary N) is 2. The Morgan fingerprint density at radius 3 is 2.38 bits per heavy atom. The van der Waals surface area contributed by atoms with Crippen molar-refractivity contribution >= 4 is 5.96 Å². The molecule has 1 heterocycles. The molecule has 0 spiro atoms. The SMILES string of the molecule is CN=C(NCCCCN1CCN(C)CC1)NCCc1ccc(OC)cc1. The highest BCUT2D eigenvalue weighted by Crippen LogP contribution is 2.11. The summed E-state index contributed by atoms with van der Waals surface area (Å²) >= 11 is 0. The topological polar surface area (TPSA) is 52.1 Å². The zero-order chi connectivity index (χ0) is 18.6. The van der Waals surface area contributed by atoms with Crippen molar-refractivity contribution in [1.82, 2.24) is 20.4 Å². The van der Waals surface area contributed by atoms with Gasteiger partial charge in [-0.2, -0.15) is 0 Å². The summed E-state index contributed by atoms with van der Waals surface area (Å²) < 4.78 is 5.19. The Morgan fingerprint density at radius 1 is 1.04 bits per heavy atom. The highest BCUT2D eigenvalue weighted by molar-refractivity contribution is 5.79. The van der Waals surface area contributed by atoms with E-state index < -0.39 is 0 Å². The molecule has 0 aliphatic carbocycles. The molecule has 0 bridgehead atoms.